The zero-order valence-electron chi connectivity index (χ0n) is 79.3. The summed E-state index contributed by atoms with van der Waals surface area (Å²) in [6.07, 6.45) is 20.9. The second-order valence-electron chi connectivity index (χ2n) is 38.6. The van der Waals surface area contributed by atoms with E-state index in [0.29, 0.717) is 51.9 Å². The van der Waals surface area contributed by atoms with E-state index in [1.807, 2.05) is 122 Å². The summed E-state index contributed by atoms with van der Waals surface area (Å²) in [5, 5.41) is 28.8. The number of nitrogen functional groups attached to an aromatic ring is 4. The lowest BCUT2D eigenvalue weighted by Crippen LogP contribution is -2.41. The summed E-state index contributed by atoms with van der Waals surface area (Å²) < 4.78 is 41.9. The maximum Gasteiger partial charge on any atom is 0.494 e. The second-order valence-corrected chi connectivity index (χ2v) is 41.3. The highest BCUT2D eigenvalue weighted by atomic mass is 79.9. The van der Waals surface area contributed by atoms with E-state index in [4.69, 9.17) is 56.1 Å². The fourth-order valence-electron chi connectivity index (χ4n) is 15.0. The molecule has 1 aliphatic heterocycles. The Balaban J connectivity index is 0.000000168. The van der Waals surface area contributed by atoms with Gasteiger partial charge in [0.1, 0.15) is 11.6 Å². The highest BCUT2D eigenvalue weighted by molar-refractivity contribution is 9.11. The number of benzene rings is 4. The zero-order chi connectivity index (χ0) is 96.7. The molecule has 13 N–H and O–H groups in total. The molecule has 0 radical (unpaired) electrons. The van der Waals surface area contributed by atoms with Crippen LogP contribution in [0.2, 0.25) is 0 Å². The number of nitrogens with one attached hydrogen (secondary N) is 3. The molecule has 1 fully saturated rings. The molecule has 7 aromatic heterocycles. The molecule has 4 unspecified atom stereocenters. The van der Waals surface area contributed by atoms with Gasteiger partial charge in [0.05, 0.1) is 59.1 Å². The van der Waals surface area contributed by atoms with E-state index in [1.165, 1.54) is 64.2 Å². The minimum atomic E-state index is -0.608. The summed E-state index contributed by atoms with van der Waals surface area (Å²) in [7, 11) is 2.70. The van der Waals surface area contributed by atoms with Crippen LogP contribution in [0.15, 0.2) is 129 Å². The highest BCUT2D eigenvalue weighted by Crippen LogP contribution is 2.40. The van der Waals surface area contributed by atoms with E-state index in [1.54, 1.807) is 23.1 Å². The van der Waals surface area contributed by atoms with Crippen molar-refractivity contribution in [2.24, 2.45) is 12.8 Å². The number of hydrogen-bond acceptors (Lipinski definition) is 28. The van der Waals surface area contributed by atoms with Gasteiger partial charge in [-0.2, -0.15) is 25.0 Å². The topological polar surface area (TPSA) is 479 Å². The SMILES string of the molecule is CC(C)(C)c1noc(C(=O)NC2CCCCc3cc(-c4ccnc(N)c4N)ccc32)n1.CC(C)(C)c1noc(C(=O)NC2CCCCc3cc(B4OC(C)(C)C(C)(C)O4)ccc32)n1.CC(C)(C)c1noc(C(=O)NC2CCCCc3cc(Br)ccc32)n1.COC(=O)c1nc(C(C)(C)C)no1.Cc1nn(C)c(C)c1C=O.NC1CCCCc2cc(Br)ccc21.Nc1nccc(Br)c1N. The molecule has 0 spiro atoms. The average molecular weight is 2000 g/mol. The molecular weight excluding hydrogens is 1880 g/mol. The van der Waals surface area contributed by atoms with Gasteiger partial charge < -0.3 is 76.8 Å². The summed E-state index contributed by atoms with van der Waals surface area (Å²) in [6, 6.07) is 28.9. The number of hydrogen-bond donors (Lipinski definition) is 8. The van der Waals surface area contributed by atoms with Crippen LogP contribution < -0.4 is 50.1 Å². The molecule has 32 nitrogen and oxygen atoms in total. The van der Waals surface area contributed by atoms with E-state index < -0.39 is 13.1 Å². The third-order valence-corrected chi connectivity index (χ3v) is 25.3. The number of anilines is 4. The molecule has 11 aromatic rings. The minimum Gasteiger partial charge on any atom is -0.462 e. The van der Waals surface area contributed by atoms with Crippen LogP contribution in [0.4, 0.5) is 23.0 Å². The molecule has 4 atom stereocenters. The highest BCUT2D eigenvalue weighted by Gasteiger charge is 2.52. The summed E-state index contributed by atoms with van der Waals surface area (Å²) in [6.45, 7) is 35.6. The van der Waals surface area contributed by atoms with Crippen LogP contribution in [0.1, 0.15) is 344 Å². The summed E-state index contributed by atoms with van der Waals surface area (Å²) in [5.41, 5.74) is 43.3. The van der Waals surface area contributed by atoms with Gasteiger partial charge in [-0.3, -0.25) is 23.9 Å². The van der Waals surface area contributed by atoms with Crippen molar-refractivity contribution in [3.05, 3.63) is 219 Å². The number of amides is 3. The van der Waals surface area contributed by atoms with Crippen LogP contribution in [0.3, 0.4) is 0 Å². The standard InChI is InChI=1S/C24H34BN3O4.C23H28N6O2.C18H22BrN3O2.C11H14BrN.C8H12N2O3.C7H10N2O.C5H6BrN3/c1-22(2,3)21-27-20(30-28-21)19(29)26-18-11-9-8-10-15-14-16(12-13-17(15)18)25-31-23(4,5)24(6,7)32-25;1-23(2,3)22-28-21(31-29-22)20(30)27-17-7-5-4-6-13-12-14(8-9-15(13)17)16-10-11-26-19(25)18(16)24;1-18(2,3)17-21-16(24-22-17)15(23)20-14-7-5-4-6-11-10-12(19)8-9-13(11)14;12-9-5-6-10-8(7-9)3-1-2-4-11(10)13;1-8(2,3)7-9-5(13-10-7)6(11)12-4;1-5-7(4-10)6(2)9(3)8-5;6-3-1-2-9-5(8)4(3)7/h12-14,18H,8-11H2,1-7H3,(H,26,29);8-12,17H,4-7,24H2,1-3H3,(H2,25,26)(H,27,30);8-10,14H,4-7H2,1-3H3,(H,20,23);5-7,11H,1-4,13H2;1-4H3;4H,1-3H3;1-2H,7H2,(H2,8,9). The summed E-state index contributed by atoms with van der Waals surface area (Å²) in [4.78, 5) is 84.0. The molecule has 36 heteroatoms. The fourth-order valence-corrected chi connectivity index (χ4v) is 16.2. The Morgan fingerprint density at radius 3 is 1.25 bits per heavy atom. The Morgan fingerprint density at radius 1 is 0.492 bits per heavy atom. The van der Waals surface area contributed by atoms with Crippen LogP contribution in [0, 0.1) is 13.8 Å². The molecule has 132 heavy (non-hydrogen) atoms. The average Bonchev–Trinajstić information content (AvgIpc) is 1.60. The fraction of sp³-hybridized carbons (Fsp3) is 0.479. The Kier molecular flexibility index (Phi) is 34.6. The van der Waals surface area contributed by atoms with E-state index in [-0.39, 0.29) is 98.3 Å². The number of aryl methyl sites for hydroxylation is 6. The largest absolute Gasteiger partial charge is 0.494 e. The number of carbonyl (C=O) groups is 5. The molecule has 16 rings (SSSR count). The molecule has 3 amide bonds. The van der Waals surface area contributed by atoms with Crippen LogP contribution in [0.5, 0.6) is 0 Å². The van der Waals surface area contributed by atoms with E-state index in [9.17, 15) is 24.0 Å². The predicted molar refractivity (Wildman–Crippen MR) is 519 cm³/mol. The van der Waals surface area contributed by atoms with Crippen molar-refractivity contribution in [3.63, 3.8) is 0 Å². The van der Waals surface area contributed by atoms with E-state index in [2.05, 4.69) is 212 Å². The zero-order valence-corrected chi connectivity index (χ0v) is 84.1. The Hall–Kier alpha value is -10.9. The Labute approximate surface area is 797 Å². The molecule has 4 aliphatic carbocycles. The Morgan fingerprint density at radius 2 is 0.864 bits per heavy atom. The molecule has 706 valence electrons. The van der Waals surface area contributed by atoms with Crippen molar-refractivity contribution < 1.29 is 56.1 Å². The smallest absolute Gasteiger partial charge is 0.462 e. The van der Waals surface area contributed by atoms with Crippen molar-refractivity contribution in [2.75, 3.05) is 30.0 Å². The molecule has 5 aliphatic rings. The first kappa shape index (κ1) is 103. The molecule has 1 saturated heterocycles. The molecular formula is C96H126BBr3N20O12. The monoisotopic (exact) mass is 2000 g/mol. The molecule has 4 aromatic carbocycles. The lowest BCUT2D eigenvalue weighted by molar-refractivity contribution is 0.00578. The minimum absolute atomic E-state index is 0.00706. The normalized spacial score (nSPS) is 17.2. The maximum absolute atomic E-state index is 12.8. The first-order valence-corrected chi connectivity index (χ1v) is 46.9. The summed E-state index contributed by atoms with van der Waals surface area (Å²) in [5.74, 6) is 1.09. The van der Waals surface area contributed by atoms with Gasteiger partial charge in [0.2, 0.25) is 0 Å². The first-order chi connectivity index (χ1) is 62.0. The van der Waals surface area contributed by atoms with E-state index in [0.717, 1.165) is 138 Å². The van der Waals surface area contributed by atoms with Crippen LogP contribution in [0.25, 0.3) is 11.1 Å². The predicted octanol–water partition coefficient (Wildman–Crippen LogP) is 18.2. The number of methoxy groups -OCH3 is 1. The number of carbonyl (C=O) groups excluding carboxylic acids is 5. The number of aromatic nitrogens is 12. The number of fused-ring (bicyclic) bond motifs is 4. The van der Waals surface area contributed by atoms with Crippen molar-refractivity contribution in [2.45, 2.75) is 284 Å². The van der Waals surface area contributed by atoms with Crippen LogP contribution in [-0.4, -0.2) is 116 Å². The third-order valence-electron chi connectivity index (χ3n) is 23.6. The first-order valence-electron chi connectivity index (χ1n) is 44.5. The van der Waals surface area contributed by atoms with Crippen molar-refractivity contribution in [1.82, 2.24) is 76.3 Å². The Bertz CT molecular complexity index is 5800. The van der Waals surface area contributed by atoms with Crippen LogP contribution >= 0.6 is 47.8 Å². The van der Waals surface area contributed by atoms with Crippen molar-refractivity contribution in [3.8, 4) is 11.1 Å². The number of ether oxygens (including phenoxy) is 1. The number of nitrogens with zero attached hydrogens (tertiary/aromatic N) is 12. The van der Waals surface area contributed by atoms with Gasteiger partial charge in [-0.1, -0.05) is 210 Å². The number of aldehydes is 1. The van der Waals surface area contributed by atoms with Gasteiger partial charge >= 0.3 is 54.4 Å². The van der Waals surface area contributed by atoms with Gasteiger partial charge in [-0.05, 0) is 226 Å². The van der Waals surface area contributed by atoms with Gasteiger partial charge in [-0.25, -0.2) is 14.8 Å². The molecule has 0 saturated carbocycles. The van der Waals surface area contributed by atoms with Crippen LogP contribution in [-0.2, 0) is 68.4 Å². The van der Waals surface area contributed by atoms with Crippen molar-refractivity contribution >= 4 is 113 Å². The lowest BCUT2D eigenvalue weighted by atomic mass is 9.77. The number of nitrogens with two attached hydrogens (primary N) is 5. The molecule has 8 heterocycles. The number of esters is 1. The van der Waals surface area contributed by atoms with Gasteiger partial charge in [0, 0.05) is 71.8 Å². The quantitative estimate of drug-likeness (QED) is 0.0273. The van der Waals surface area contributed by atoms with Gasteiger partial charge in [0.15, 0.2) is 29.6 Å². The number of rotatable bonds is 10. The molecule has 0 bridgehead atoms. The van der Waals surface area contributed by atoms with E-state index >= 15 is 0 Å². The van der Waals surface area contributed by atoms with Gasteiger partial charge in [0.25, 0.3) is 0 Å². The number of pyridine rings is 2. The number of halogens is 3. The third kappa shape index (κ3) is 27.0. The van der Waals surface area contributed by atoms with Crippen molar-refractivity contribution in [1.29, 1.82) is 0 Å². The summed E-state index contributed by atoms with van der Waals surface area (Å²) >= 11 is 10.2. The lowest BCUT2D eigenvalue weighted by Gasteiger charge is -2.32. The second kappa shape index (κ2) is 44.3. The van der Waals surface area contributed by atoms with Gasteiger partial charge in [-0.15, -0.1) is 0 Å². The maximum atomic E-state index is 12.8.